The van der Waals surface area contributed by atoms with Crippen LogP contribution in [0.1, 0.15) is 57.2 Å². The maximum atomic E-state index is 12.2. The van der Waals surface area contributed by atoms with Crippen molar-refractivity contribution in [3.05, 3.63) is 18.2 Å². The summed E-state index contributed by atoms with van der Waals surface area (Å²) in [6.07, 6.45) is 10.8. The highest BCUT2D eigenvalue weighted by atomic mass is 16.5. The van der Waals surface area contributed by atoms with E-state index in [1.54, 1.807) is 12.5 Å². The number of nitrogens with zero attached hydrogens (tertiary/aromatic N) is 2. The lowest BCUT2D eigenvalue weighted by atomic mass is 10.1. The van der Waals surface area contributed by atoms with Gasteiger partial charge in [-0.05, 0) is 19.8 Å². The third-order valence-electron chi connectivity index (χ3n) is 3.93. The summed E-state index contributed by atoms with van der Waals surface area (Å²) in [5, 5.41) is 3.49. The number of ether oxygens (including phenoxy) is 1. The number of rotatable bonds is 5. The second-order valence-corrected chi connectivity index (χ2v) is 5.47. The Morgan fingerprint density at radius 2 is 2.15 bits per heavy atom. The highest BCUT2D eigenvalue weighted by Crippen LogP contribution is 2.22. The minimum Gasteiger partial charge on any atom is -0.465 e. The summed E-state index contributed by atoms with van der Waals surface area (Å²) in [6.45, 7) is 2.24. The smallest absolute Gasteiger partial charge is 0.329 e. The van der Waals surface area contributed by atoms with Gasteiger partial charge in [0, 0.05) is 13.1 Å². The Morgan fingerprint density at radius 1 is 1.45 bits per heavy atom. The van der Waals surface area contributed by atoms with E-state index in [0.29, 0.717) is 12.6 Å². The fraction of sp³-hybridized carbons (Fsp3) is 0.733. The molecule has 5 heteroatoms. The Bertz CT molecular complexity index is 423. The number of hydrogen-bond acceptors (Lipinski definition) is 4. The number of carbonyl (C=O) groups excluding carboxylic acids is 1. The van der Waals surface area contributed by atoms with E-state index in [1.807, 2.05) is 18.5 Å². The SMILES string of the molecule is CCOC(=O)C(NC1CCCCCC1)c1cncn1C. The monoisotopic (exact) mass is 279 g/mol. The van der Waals surface area contributed by atoms with Gasteiger partial charge >= 0.3 is 5.97 Å². The Balaban J connectivity index is 2.09. The van der Waals surface area contributed by atoms with Gasteiger partial charge in [-0.2, -0.15) is 0 Å². The molecule has 1 aliphatic carbocycles. The molecule has 1 atom stereocenters. The molecule has 0 amide bonds. The van der Waals surface area contributed by atoms with Crippen molar-refractivity contribution in [1.82, 2.24) is 14.9 Å². The first-order valence-electron chi connectivity index (χ1n) is 7.61. The van der Waals surface area contributed by atoms with E-state index in [0.717, 1.165) is 18.5 Å². The van der Waals surface area contributed by atoms with Gasteiger partial charge in [-0.1, -0.05) is 25.7 Å². The van der Waals surface area contributed by atoms with E-state index < -0.39 is 6.04 Å². The van der Waals surface area contributed by atoms with E-state index >= 15 is 0 Å². The first-order valence-corrected chi connectivity index (χ1v) is 7.61. The van der Waals surface area contributed by atoms with Gasteiger partial charge in [-0.25, -0.2) is 9.78 Å². The van der Waals surface area contributed by atoms with Crippen LogP contribution in [0.3, 0.4) is 0 Å². The van der Waals surface area contributed by atoms with Crippen LogP contribution in [0.5, 0.6) is 0 Å². The van der Waals surface area contributed by atoms with Crippen LogP contribution in [0.4, 0.5) is 0 Å². The molecule has 1 heterocycles. The van der Waals surface area contributed by atoms with Crippen LogP contribution in [-0.2, 0) is 16.6 Å². The second kappa shape index (κ2) is 7.43. The number of aromatic nitrogens is 2. The third-order valence-corrected chi connectivity index (χ3v) is 3.93. The Kier molecular flexibility index (Phi) is 5.59. The molecule has 0 bridgehead atoms. The molecule has 5 nitrogen and oxygen atoms in total. The zero-order valence-corrected chi connectivity index (χ0v) is 12.5. The topological polar surface area (TPSA) is 56.1 Å². The van der Waals surface area contributed by atoms with Crippen LogP contribution in [0.15, 0.2) is 12.5 Å². The largest absolute Gasteiger partial charge is 0.465 e. The van der Waals surface area contributed by atoms with Gasteiger partial charge in [0.05, 0.1) is 24.8 Å². The molecule has 20 heavy (non-hydrogen) atoms. The van der Waals surface area contributed by atoms with Crippen LogP contribution in [0.2, 0.25) is 0 Å². The summed E-state index contributed by atoms with van der Waals surface area (Å²) < 4.78 is 7.09. The van der Waals surface area contributed by atoms with Crippen molar-refractivity contribution in [3.63, 3.8) is 0 Å². The normalized spacial score (nSPS) is 18.5. The minimum atomic E-state index is -0.412. The van der Waals surface area contributed by atoms with Crippen LogP contribution in [0.25, 0.3) is 0 Å². The third kappa shape index (κ3) is 3.82. The lowest BCUT2D eigenvalue weighted by Gasteiger charge is -2.23. The van der Waals surface area contributed by atoms with Crippen LogP contribution in [0, 0.1) is 0 Å². The van der Waals surface area contributed by atoms with Crippen molar-refractivity contribution < 1.29 is 9.53 Å². The Labute approximate surface area is 120 Å². The average Bonchev–Trinajstić information content (AvgIpc) is 2.70. The standard InChI is InChI=1S/C15H25N3O2/c1-3-20-15(19)14(13-10-16-11-18(13)2)17-12-8-6-4-5-7-9-12/h10-12,14,17H,3-9H2,1-2H3. The van der Waals surface area contributed by atoms with Crippen molar-refractivity contribution >= 4 is 5.97 Å². The summed E-state index contributed by atoms with van der Waals surface area (Å²) >= 11 is 0. The Morgan fingerprint density at radius 3 is 2.70 bits per heavy atom. The van der Waals surface area contributed by atoms with Gasteiger partial charge < -0.3 is 9.30 Å². The van der Waals surface area contributed by atoms with E-state index in [2.05, 4.69) is 10.3 Å². The van der Waals surface area contributed by atoms with Crippen molar-refractivity contribution in [2.45, 2.75) is 57.5 Å². The van der Waals surface area contributed by atoms with Crippen molar-refractivity contribution in [1.29, 1.82) is 0 Å². The quantitative estimate of drug-likeness (QED) is 0.664. The predicted molar refractivity (Wildman–Crippen MR) is 77.2 cm³/mol. The number of aryl methyl sites for hydroxylation is 1. The Hall–Kier alpha value is -1.36. The fourth-order valence-corrected chi connectivity index (χ4v) is 2.83. The van der Waals surface area contributed by atoms with Gasteiger partial charge in [0.2, 0.25) is 0 Å². The molecule has 0 saturated heterocycles. The number of imidazole rings is 1. The number of hydrogen-bond donors (Lipinski definition) is 1. The molecule has 1 aromatic rings. The molecule has 0 spiro atoms. The lowest BCUT2D eigenvalue weighted by molar-refractivity contribution is -0.146. The molecule has 1 N–H and O–H groups in total. The van der Waals surface area contributed by atoms with E-state index in [4.69, 9.17) is 4.74 Å². The average molecular weight is 279 g/mol. The van der Waals surface area contributed by atoms with Gasteiger partial charge in [-0.15, -0.1) is 0 Å². The zero-order valence-electron chi connectivity index (χ0n) is 12.5. The fourth-order valence-electron chi connectivity index (χ4n) is 2.83. The van der Waals surface area contributed by atoms with Crippen molar-refractivity contribution in [2.75, 3.05) is 6.61 Å². The van der Waals surface area contributed by atoms with Crippen LogP contribution in [-0.4, -0.2) is 28.2 Å². The lowest BCUT2D eigenvalue weighted by Crippen LogP contribution is -2.38. The predicted octanol–water partition coefficient (Wildman–Crippen LogP) is 2.34. The molecule has 1 unspecified atom stereocenters. The van der Waals surface area contributed by atoms with Crippen molar-refractivity contribution in [2.24, 2.45) is 7.05 Å². The first kappa shape index (κ1) is 15.0. The summed E-state index contributed by atoms with van der Waals surface area (Å²) in [5.74, 6) is -0.208. The van der Waals surface area contributed by atoms with Gasteiger partial charge in [0.15, 0.2) is 0 Å². The zero-order chi connectivity index (χ0) is 14.4. The first-order chi connectivity index (χ1) is 9.72. The van der Waals surface area contributed by atoms with Gasteiger partial charge in [-0.3, -0.25) is 5.32 Å². The molecule has 1 saturated carbocycles. The number of carbonyl (C=O) groups is 1. The van der Waals surface area contributed by atoms with Crippen LogP contribution < -0.4 is 5.32 Å². The van der Waals surface area contributed by atoms with E-state index in [1.165, 1.54) is 25.7 Å². The van der Waals surface area contributed by atoms with E-state index in [9.17, 15) is 4.79 Å². The molecule has 2 rings (SSSR count). The van der Waals surface area contributed by atoms with Gasteiger partial charge in [0.1, 0.15) is 6.04 Å². The summed E-state index contributed by atoms with van der Waals surface area (Å²) in [5.41, 5.74) is 0.868. The van der Waals surface area contributed by atoms with E-state index in [-0.39, 0.29) is 5.97 Å². The maximum absolute atomic E-state index is 12.2. The molecule has 0 radical (unpaired) electrons. The minimum absolute atomic E-state index is 0.208. The highest BCUT2D eigenvalue weighted by molar-refractivity contribution is 5.77. The summed E-state index contributed by atoms with van der Waals surface area (Å²) in [7, 11) is 1.91. The van der Waals surface area contributed by atoms with Crippen molar-refractivity contribution in [3.8, 4) is 0 Å². The maximum Gasteiger partial charge on any atom is 0.329 e. The van der Waals surface area contributed by atoms with Gasteiger partial charge in [0.25, 0.3) is 0 Å². The molecule has 1 aliphatic rings. The number of nitrogens with one attached hydrogen (secondary N) is 1. The molecular weight excluding hydrogens is 254 g/mol. The molecule has 1 fully saturated rings. The summed E-state index contributed by atoms with van der Waals surface area (Å²) in [6, 6.07) is -0.0210. The highest BCUT2D eigenvalue weighted by Gasteiger charge is 2.27. The molecule has 1 aromatic heterocycles. The van der Waals surface area contributed by atoms with Crippen LogP contribution >= 0.6 is 0 Å². The molecule has 112 valence electrons. The number of esters is 1. The summed E-state index contributed by atoms with van der Waals surface area (Å²) in [4.78, 5) is 16.3. The molecule has 0 aromatic carbocycles. The second-order valence-electron chi connectivity index (χ2n) is 5.47. The molecule has 0 aliphatic heterocycles. The molecular formula is C15H25N3O2.